The van der Waals surface area contributed by atoms with Gasteiger partial charge >= 0.3 is 6.61 Å². The number of nitrogens with zero attached hydrogens (tertiary/aromatic N) is 4. The standard InChI is InChI=1S/C26H21F4N4O3P/c1-33-19-11-18(22-12(25(33)35)5-4-6-20(22)37-26(29)30)34-23-17(32-24(19)34)8-7-16(31-23)13-9-15(28)21(10-14(13)27)38(2,3)36/h4-10,18-19,26H,11H2,1-3H3/t18-,19-/m1/s1/i1D3. The van der Waals surface area contributed by atoms with Gasteiger partial charge in [0.1, 0.15) is 35.9 Å². The molecular formula is C26H21F4N4O3P. The lowest BCUT2D eigenvalue weighted by Gasteiger charge is -2.24. The van der Waals surface area contributed by atoms with Crippen molar-refractivity contribution in [2.24, 2.45) is 0 Å². The number of imidazole rings is 1. The van der Waals surface area contributed by atoms with Crippen molar-refractivity contribution in [1.29, 1.82) is 0 Å². The van der Waals surface area contributed by atoms with Gasteiger partial charge in [-0.05, 0) is 49.7 Å². The zero-order chi connectivity index (χ0) is 29.6. The Kier molecular flexibility index (Phi) is 4.69. The molecule has 2 bridgehead atoms. The number of amides is 1. The molecule has 12 heteroatoms. The Morgan fingerprint density at radius 3 is 2.58 bits per heavy atom. The molecule has 1 amide bonds. The Bertz CT molecular complexity index is 1810. The van der Waals surface area contributed by atoms with E-state index in [-0.39, 0.29) is 56.8 Å². The first-order valence-electron chi connectivity index (χ1n) is 13.0. The molecule has 0 unspecified atom stereocenters. The maximum Gasteiger partial charge on any atom is 0.387 e. The van der Waals surface area contributed by atoms with Crippen LogP contribution in [0.15, 0.2) is 42.5 Å². The number of ether oxygens (including phenoxy) is 1. The fraction of sp³-hybridized carbons (Fsp3) is 0.269. The number of fused-ring (bicyclic) bond motifs is 9. The van der Waals surface area contributed by atoms with Crippen molar-refractivity contribution in [3.05, 3.63) is 71.1 Å². The minimum atomic E-state index is -3.22. The van der Waals surface area contributed by atoms with E-state index in [9.17, 15) is 22.5 Å². The third-order valence-electron chi connectivity index (χ3n) is 6.89. The minimum absolute atomic E-state index is 0.00513. The van der Waals surface area contributed by atoms with E-state index >= 15 is 4.39 Å². The number of alkyl halides is 2. The van der Waals surface area contributed by atoms with Gasteiger partial charge in [0.25, 0.3) is 5.91 Å². The van der Waals surface area contributed by atoms with Crippen molar-refractivity contribution in [2.45, 2.75) is 25.1 Å². The highest BCUT2D eigenvalue weighted by atomic mass is 31.2. The van der Waals surface area contributed by atoms with E-state index in [4.69, 9.17) is 8.85 Å². The van der Waals surface area contributed by atoms with E-state index in [1.165, 1.54) is 48.2 Å². The lowest BCUT2D eigenvalue weighted by molar-refractivity contribution is -0.0507. The molecule has 2 aliphatic heterocycles. The fourth-order valence-corrected chi connectivity index (χ4v) is 6.27. The smallest absolute Gasteiger partial charge is 0.387 e. The zero-order valence-electron chi connectivity index (χ0n) is 23.0. The van der Waals surface area contributed by atoms with Gasteiger partial charge < -0.3 is 18.8 Å². The van der Waals surface area contributed by atoms with E-state index < -0.39 is 50.4 Å². The lowest BCUT2D eigenvalue weighted by atomic mass is 9.98. The van der Waals surface area contributed by atoms with Gasteiger partial charge in [-0.3, -0.25) is 4.79 Å². The first kappa shape index (κ1) is 21.2. The third kappa shape index (κ3) is 3.63. The number of aromatic nitrogens is 3. The molecule has 4 aromatic rings. The van der Waals surface area contributed by atoms with Gasteiger partial charge in [-0.2, -0.15) is 8.78 Å². The second-order valence-electron chi connectivity index (χ2n) is 9.55. The van der Waals surface area contributed by atoms with Crippen molar-refractivity contribution in [3.8, 4) is 17.0 Å². The minimum Gasteiger partial charge on any atom is -0.434 e. The summed E-state index contributed by atoms with van der Waals surface area (Å²) >= 11 is 0. The molecule has 2 atom stereocenters. The molecule has 2 aliphatic rings. The zero-order valence-corrected chi connectivity index (χ0v) is 20.8. The van der Waals surface area contributed by atoms with Crippen LogP contribution >= 0.6 is 7.14 Å². The van der Waals surface area contributed by atoms with Gasteiger partial charge in [0.15, 0.2) is 5.65 Å². The summed E-state index contributed by atoms with van der Waals surface area (Å²) in [5.41, 5.74) is 0.118. The Labute approximate surface area is 218 Å². The van der Waals surface area contributed by atoms with Gasteiger partial charge in [0, 0.05) is 39.5 Å². The van der Waals surface area contributed by atoms with E-state index in [2.05, 4.69) is 9.97 Å². The average Bonchev–Trinajstić information content (AvgIpc) is 3.36. The molecule has 196 valence electrons. The van der Waals surface area contributed by atoms with Crippen LogP contribution in [0.4, 0.5) is 17.6 Å². The van der Waals surface area contributed by atoms with Crippen LogP contribution in [-0.2, 0) is 4.57 Å². The van der Waals surface area contributed by atoms with Crippen molar-refractivity contribution < 1.29 is 35.8 Å². The summed E-state index contributed by atoms with van der Waals surface area (Å²) in [5.74, 6) is -2.76. The molecule has 0 fully saturated rings. The lowest BCUT2D eigenvalue weighted by Crippen LogP contribution is -2.30. The quantitative estimate of drug-likeness (QED) is 0.255. The predicted molar refractivity (Wildman–Crippen MR) is 133 cm³/mol. The number of carbonyl (C=O) groups excluding carboxylic acids is 1. The van der Waals surface area contributed by atoms with Gasteiger partial charge in [0.05, 0.1) is 17.8 Å². The number of pyridine rings is 1. The van der Waals surface area contributed by atoms with Crippen molar-refractivity contribution in [3.63, 3.8) is 0 Å². The Hall–Kier alpha value is -3.72. The van der Waals surface area contributed by atoms with Crippen molar-refractivity contribution >= 4 is 29.5 Å². The normalized spacial score (nSPS) is 20.1. The van der Waals surface area contributed by atoms with Gasteiger partial charge in [-0.15, -0.1) is 0 Å². The molecule has 0 spiro atoms. The van der Waals surface area contributed by atoms with Crippen molar-refractivity contribution in [1.82, 2.24) is 19.4 Å². The van der Waals surface area contributed by atoms with Crippen LogP contribution in [0.3, 0.4) is 0 Å². The summed E-state index contributed by atoms with van der Waals surface area (Å²) in [5, 5.41) is -0.243. The maximum absolute atomic E-state index is 15.2. The van der Waals surface area contributed by atoms with E-state index in [0.29, 0.717) is 4.90 Å². The summed E-state index contributed by atoms with van der Waals surface area (Å²) in [6.07, 6.45) is -0.0229. The average molecular weight is 547 g/mol. The molecule has 2 aromatic carbocycles. The predicted octanol–water partition coefficient (Wildman–Crippen LogP) is 5.35. The van der Waals surface area contributed by atoms with Crippen LogP contribution in [0.2, 0.25) is 0 Å². The Morgan fingerprint density at radius 2 is 1.87 bits per heavy atom. The van der Waals surface area contributed by atoms with E-state index in [0.717, 1.165) is 12.1 Å². The topological polar surface area (TPSA) is 77.3 Å². The van der Waals surface area contributed by atoms with Crippen LogP contribution < -0.4 is 10.0 Å². The number of carbonyl (C=O) groups is 1. The van der Waals surface area contributed by atoms with Crippen LogP contribution in [0.25, 0.3) is 22.4 Å². The van der Waals surface area contributed by atoms with Gasteiger partial charge in [-0.1, -0.05) is 6.07 Å². The number of hydrogen-bond acceptors (Lipinski definition) is 5. The summed E-state index contributed by atoms with van der Waals surface area (Å²) in [4.78, 5) is 23.3. The second-order valence-corrected chi connectivity index (χ2v) is 12.7. The fourth-order valence-electron chi connectivity index (χ4n) is 5.26. The molecule has 0 radical (unpaired) electrons. The maximum atomic E-state index is 15.2. The highest BCUT2D eigenvalue weighted by Gasteiger charge is 2.45. The number of hydrogen-bond donors (Lipinski definition) is 0. The van der Waals surface area contributed by atoms with Crippen LogP contribution in [0.1, 0.15) is 44.4 Å². The molecule has 0 saturated carbocycles. The summed E-state index contributed by atoms with van der Waals surface area (Å²) in [7, 11) is -3.11. The summed E-state index contributed by atoms with van der Waals surface area (Å²) < 4.78 is 99.7. The molecule has 0 N–H and O–H groups in total. The van der Waals surface area contributed by atoms with Crippen LogP contribution in [0, 0.1) is 11.6 Å². The van der Waals surface area contributed by atoms with E-state index in [1.807, 2.05) is 0 Å². The molecule has 7 nitrogen and oxygen atoms in total. The Morgan fingerprint density at radius 1 is 1.08 bits per heavy atom. The number of benzene rings is 2. The second kappa shape index (κ2) is 8.39. The van der Waals surface area contributed by atoms with Crippen molar-refractivity contribution in [2.75, 3.05) is 20.3 Å². The van der Waals surface area contributed by atoms with Gasteiger partial charge in [0.2, 0.25) is 0 Å². The number of rotatable bonds is 4. The monoisotopic (exact) mass is 547 g/mol. The molecular weight excluding hydrogens is 523 g/mol. The molecule has 2 aromatic heterocycles. The first-order valence-corrected chi connectivity index (χ1v) is 14.1. The molecule has 6 rings (SSSR count). The number of halogens is 4. The largest absolute Gasteiger partial charge is 0.434 e. The SMILES string of the molecule is [2H]C([2H])([2H])N1C(=O)c2cccc(OC(F)F)c2[C@H]2C[C@@H]1c1nc3ccc(-c4cc(F)c(P(C)(C)=O)cc4F)nc3n12. The first-order chi connectivity index (χ1) is 19.2. The molecule has 0 aliphatic carbocycles. The highest BCUT2D eigenvalue weighted by Crippen LogP contribution is 2.50. The van der Waals surface area contributed by atoms with E-state index in [1.54, 1.807) is 0 Å². The molecule has 38 heavy (non-hydrogen) atoms. The Balaban J connectivity index is 1.60. The van der Waals surface area contributed by atoms with Gasteiger partial charge in [-0.25, -0.2) is 18.7 Å². The summed E-state index contributed by atoms with van der Waals surface area (Å²) in [6, 6.07) is 6.62. The third-order valence-corrected chi connectivity index (χ3v) is 8.39. The highest BCUT2D eigenvalue weighted by molar-refractivity contribution is 7.70. The molecule has 4 heterocycles. The summed E-state index contributed by atoms with van der Waals surface area (Å²) in [6.45, 7) is -3.48. The van der Waals surface area contributed by atoms with Crippen LogP contribution in [0.5, 0.6) is 5.75 Å². The molecule has 0 saturated heterocycles. The van der Waals surface area contributed by atoms with Crippen LogP contribution in [-0.4, -0.2) is 52.3 Å².